The van der Waals surface area contributed by atoms with E-state index in [1.165, 1.54) is 5.57 Å². The largest absolute Gasteiger partial charge is 0.332 e. The molecule has 0 amide bonds. The van der Waals surface area contributed by atoms with E-state index in [9.17, 15) is 0 Å². The molecule has 3 nitrogen and oxygen atoms in total. The molecule has 3 heteroatoms. The predicted octanol–water partition coefficient (Wildman–Crippen LogP) is 1.41. The molecule has 1 aliphatic rings. The van der Waals surface area contributed by atoms with Crippen LogP contribution in [-0.2, 0) is 6.54 Å². The quantitative estimate of drug-likeness (QED) is 0.742. The summed E-state index contributed by atoms with van der Waals surface area (Å²) >= 11 is 0. The molecule has 1 atom stereocenters. The summed E-state index contributed by atoms with van der Waals surface area (Å²) in [6.07, 6.45) is 8.13. The van der Waals surface area contributed by atoms with Gasteiger partial charge < -0.3 is 10.3 Å². The minimum absolute atomic E-state index is 0.233. The van der Waals surface area contributed by atoms with Crippen LogP contribution >= 0.6 is 0 Å². The second-order valence-corrected chi connectivity index (χ2v) is 3.43. The van der Waals surface area contributed by atoms with E-state index in [-0.39, 0.29) is 6.04 Å². The number of imidazole rings is 1. The topological polar surface area (TPSA) is 43.8 Å². The molecular weight excluding hydrogens is 162 g/mol. The van der Waals surface area contributed by atoms with Gasteiger partial charge >= 0.3 is 0 Å². The van der Waals surface area contributed by atoms with Gasteiger partial charge in [0.05, 0.1) is 0 Å². The van der Waals surface area contributed by atoms with Crippen molar-refractivity contribution >= 4 is 5.57 Å². The molecule has 2 rings (SSSR count). The van der Waals surface area contributed by atoms with Crippen LogP contribution in [0.1, 0.15) is 25.6 Å². The summed E-state index contributed by atoms with van der Waals surface area (Å²) in [7, 11) is 0. The highest BCUT2D eigenvalue weighted by Gasteiger charge is 2.16. The summed E-state index contributed by atoms with van der Waals surface area (Å²) in [4.78, 5) is 4.34. The highest BCUT2D eigenvalue weighted by atomic mass is 15.1. The number of allylic oxidation sites excluding steroid dienone is 1. The van der Waals surface area contributed by atoms with Crippen molar-refractivity contribution in [1.82, 2.24) is 9.55 Å². The highest BCUT2D eigenvalue weighted by molar-refractivity contribution is 5.63. The Bertz CT molecular complexity index is 325. The lowest BCUT2D eigenvalue weighted by Crippen LogP contribution is -2.11. The molecule has 1 aromatic heterocycles. The Morgan fingerprint density at radius 3 is 3.15 bits per heavy atom. The number of hydrogen-bond acceptors (Lipinski definition) is 2. The summed E-state index contributed by atoms with van der Waals surface area (Å²) in [5.74, 6) is 1.09. The standard InChI is InChI=1S/C10H15N3/c1-2-13-6-5-12-10(13)8-3-4-9(11)7-8/h5-7,9H,2-4,11H2,1H3. The SMILES string of the molecule is CCn1ccnc1C1=CC(N)CC1. The molecule has 13 heavy (non-hydrogen) atoms. The normalized spacial score (nSPS) is 22.0. The van der Waals surface area contributed by atoms with Crippen molar-refractivity contribution in [3.8, 4) is 0 Å². The van der Waals surface area contributed by atoms with Gasteiger partial charge in [0.25, 0.3) is 0 Å². The molecular formula is C10H15N3. The fourth-order valence-electron chi connectivity index (χ4n) is 1.79. The molecule has 0 bridgehead atoms. The first kappa shape index (κ1) is 8.51. The van der Waals surface area contributed by atoms with E-state index in [0.717, 1.165) is 25.2 Å². The van der Waals surface area contributed by atoms with Gasteiger partial charge in [0.2, 0.25) is 0 Å². The predicted molar refractivity (Wildman–Crippen MR) is 53.1 cm³/mol. The van der Waals surface area contributed by atoms with Crippen LogP contribution in [0.2, 0.25) is 0 Å². The summed E-state index contributed by atoms with van der Waals surface area (Å²) < 4.78 is 2.16. The number of aryl methyl sites for hydroxylation is 1. The molecule has 0 fully saturated rings. The van der Waals surface area contributed by atoms with Crippen LogP contribution < -0.4 is 5.73 Å². The number of rotatable bonds is 2. The first-order chi connectivity index (χ1) is 6.31. The van der Waals surface area contributed by atoms with Crippen molar-refractivity contribution in [1.29, 1.82) is 0 Å². The van der Waals surface area contributed by atoms with Gasteiger partial charge in [-0.1, -0.05) is 6.08 Å². The molecule has 2 N–H and O–H groups in total. The number of aromatic nitrogens is 2. The van der Waals surface area contributed by atoms with Crippen LogP contribution in [0, 0.1) is 0 Å². The molecule has 0 saturated heterocycles. The van der Waals surface area contributed by atoms with Crippen LogP contribution in [0.3, 0.4) is 0 Å². The van der Waals surface area contributed by atoms with Gasteiger partial charge in [0.1, 0.15) is 5.82 Å². The van der Waals surface area contributed by atoms with Crippen molar-refractivity contribution in [3.63, 3.8) is 0 Å². The Morgan fingerprint density at radius 1 is 1.69 bits per heavy atom. The van der Waals surface area contributed by atoms with Crippen molar-refractivity contribution in [3.05, 3.63) is 24.3 Å². The van der Waals surface area contributed by atoms with Gasteiger partial charge in [0.15, 0.2) is 0 Å². The lowest BCUT2D eigenvalue weighted by molar-refractivity contribution is 0.741. The third-order valence-corrected chi connectivity index (χ3v) is 2.51. The second-order valence-electron chi connectivity index (χ2n) is 3.43. The summed E-state index contributed by atoms with van der Waals surface area (Å²) in [6.45, 7) is 3.10. The van der Waals surface area contributed by atoms with Crippen molar-refractivity contribution < 1.29 is 0 Å². The van der Waals surface area contributed by atoms with E-state index in [0.29, 0.717) is 0 Å². The molecule has 0 spiro atoms. The number of nitrogens with two attached hydrogens (primary N) is 1. The molecule has 0 saturated carbocycles. The van der Waals surface area contributed by atoms with E-state index < -0.39 is 0 Å². The van der Waals surface area contributed by atoms with E-state index in [2.05, 4.69) is 22.6 Å². The van der Waals surface area contributed by atoms with E-state index in [1.807, 2.05) is 12.4 Å². The van der Waals surface area contributed by atoms with Crippen LogP contribution in [0.15, 0.2) is 18.5 Å². The summed E-state index contributed by atoms with van der Waals surface area (Å²) in [5.41, 5.74) is 7.11. The third-order valence-electron chi connectivity index (χ3n) is 2.51. The smallest absolute Gasteiger partial charge is 0.135 e. The second kappa shape index (κ2) is 3.34. The Balaban J connectivity index is 2.30. The lowest BCUT2D eigenvalue weighted by Gasteiger charge is -2.04. The van der Waals surface area contributed by atoms with Gasteiger partial charge in [0, 0.05) is 25.0 Å². The lowest BCUT2D eigenvalue weighted by atomic mass is 10.2. The Kier molecular flexibility index (Phi) is 2.19. The zero-order chi connectivity index (χ0) is 9.26. The monoisotopic (exact) mass is 177 g/mol. The van der Waals surface area contributed by atoms with E-state index in [1.54, 1.807) is 0 Å². The molecule has 0 aromatic carbocycles. The van der Waals surface area contributed by atoms with Crippen molar-refractivity contribution in [2.24, 2.45) is 5.73 Å². The Hall–Kier alpha value is -1.09. The molecule has 1 aliphatic carbocycles. The average Bonchev–Trinajstić information content (AvgIpc) is 2.71. The maximum Gasteiger partial charge on any atom is 0.135 e. The summed E-state index contributed by atoms with van der Waals surface area (Å²) in [5, 5.41) is 0. The third kappa shape index (κ3) is 1.52. The van der Waals surface area contributed by atoms with Crippen LogP contribution in [0.4, 0.5) is 0 Å². The molecule has 0 aliphatic heterocycles. The first-order valence-electron chi connectivity index (χ1n) is 4.79. The molecule has 1 unspecified atom stereocenters. The van der Waals surface area contributed by atoms with Gasteiger partial charge in [-0.2, -0.15) is 0 Å². The molecule has 0 radical (unpaired) electrons. The maximum atomic E-state index is 5.81. The van der Waals surface area contributed by atoms with Crippen molar-refractivity contribution in [2.75, 3.05) is 0 Å². The fourth-order valence-corrected chi connectivity index (χ4v) is 1.79. The van der Waals surface area contributed by atoms with E-state index in [4.69, 9.17) is 5.73 Å². The van der Waals surface area contributed by atoms with Gasteiger partial charge in [-0.3, -0.25) is 0 Å². The minimum Gasteiger partial charge on any atom is -0.332 e. The Morgan fingerprint density at radius 2 is 2.54 bits per heavy atom. The van der Waals surface area contributed by atoms with Crippen LogP contribution in [0.5, 0.6) is 0 Å². The zero-order valence-corrected chi connectivity index (χ0v) is 7.90. The molecule has 1 heterocycles. The first-order valence-corrected chi connectivity index (χ1v) is 4.79. The van der Waals surface area contributed by atoms with E-state index >= 15 is 0 Å². The summed E-state index contributed by atoms with van der Waals surface area (Å²) in [6, 6.07) is 0.233. The molecule has 1 aromatic rings. The number of hydrogen-bond donors (Lipinski definition) is 1. The van der Waals surface area contributed by atoms with Crippen molar-refractivity contribution in [2.45, 2.75) is 32.4 Å². The van der Waals surface area contributed by atoms with Gasteiger partial charge in [-0.25, -0.2) is 4.98 Å². The fraction of sp³-hybridized carbons (Fsp3) is 0.500. The maximum absolute atomic E-state index is 5.81. The highest BCUT2D eigenvalue weighted by Crippen LogP contribution is 2.25. The zero-order valence-electron chi connectivity index (χ0n) is 7.90. The molecule has 70 valence electrons. The number of nitrogens with zero attached hydrogens (tertiary/aromatic N) is 2. The minimum atomic E-state index is 0.233. The van der Waals surface area contributed by atoms with Crippen LogP contribution in [0.25, 0.3) is 5.57 Å². The van der Waals surface area contributed by atoms with Crippen LogP contribution in [-0.4, -0.2) is 15.6 Å². The van der Waals surface area contributed by atoms with Gasteiger partial charge in [-0.05, 0) is 25.3 Å². The Labute approximate surface area is 78.3 Å². The van der Waals surface area contributed by atoms with Gasteiger partial charge in [-0.15, -0.1) is 0 Å². The average molecular weight is 177 g/mol.